The molecule has 0 aliphatic heterocycles. The quantitative estimate of drug-likeness (QED) is 0.753. The van der Waals surface area contributed by atoms with Crippen LogP contribution in [0.2, 0.25) is 0 Å². The Kier molecular flexibility index (Phi) is 2.83. The normalized spacial score (nSPS) is 10.5. The monoisotopic (exact) mass is 316 g/mol. The van der Waals surface area contributed by atoms with Crippen molar-refractivity contribution in [2.75, 3.05) is 0 Å². The largest absolute Gasteiger partial charge is 0.210 e. The molecule has 0 radical (unpaired) electrons. The van der Waals surface area contributed by atoms with E-state index in [1.54, 1.807) is 0 Å². The standard InChI is InChI=1S/C10H9IN2S/c1-6-4-3-5-7(2)8(6)9-12-10(11)13-14-9/h3-5H,1-2H3. The van der Waals surface area contributed by atoms with Gasteiger partial charge >= 0.3 is 0 Å². The first-order valence-corrected chi connectivity index (χ1v) is 6.09. The van der Waals surface area contributed by atoms with Gasteiger partial charge in [0.1, 0.15) is 5.01 Å². The second-order valence-corrected chi connectivity index (χ2v) is 4.85. The van der Waals surface area contributed by atoms with E-state index in [4.69, 9.17) is 0 Å². The van der Waals surface area contributed by atoms with Gasteiger partial charge in [0.25, 0.3) is 0 Å². The predicted molar refractivity (Wildman–Crippen MR) is 67.5 cm³/mol. The van der Waals surface area contributed by atoms with E-state index in [0.29, 0.717) is 0 Å². The van der Waals surface area contributed by atoms with E-state index in [2.05, 4.69) is 64.0 Å². The van der Waals surface area contributed by atoms with E-state index >= 15 is 0 Å². The van der Waals surface area contributed by atoms with Crippen molar-refractivity contribution in [3.8, 4) is 10.6 Å². The van der Waals surface area contributed by atoms with Crippen LogP contribution in [-0.2, 0) is 0 Å². The Hall–Kier alpha value is -0.490. The highest BCUT2D eigenvalue weighted by Gasteiger charge is 2.09. The Morgan fingerprint density at radius 3 is 2.36 bits per heavy atom. The summed E-state index contributed by atoms with van der Waals surface area (Å²) >= 11 is 3.60. The van der Waals surface area contributed by atoms with Gasteiger partial charge < -0.3 is 0 Å². The van der Waals surface area contributed by atoms with E-state index in [0.717, 1.165) is 8.84 Å². The van der Waals surface area contributed by atoms with Crippen LogP contribution in [0.1, 0.15) is 11.1 Å². The zero-order valence-electron chi connectivity index (χ0n) is 7.91. The van der Waals surface area contributed by atoms with Crippen molar-refractivity contribution in [2.24, 2.45) is 0 Å². The zero-order valence-corrected chi connectivity index (χ0v) is 10.9. The molecule has 0 spiro atoms. The maximum Gasteiger partial charge on any atom is 0.203 e. The Labute approximate surface area is 101 Å². The summed E-state index contributed by atoms with van der Waals surface area (Å²) in [5, 5.41) is 1.02. The third-order valence-electron chi connectivity index (χ3n) is 2.10. The highest BCUT2D eigenvalue weighted by molar-refractivity contribution is 14.1. The third kappa shape index (κ3) is 1.81. The first-order valence-electron chi connectivity index (χ1n) is 4.24. The van der Waals surface area contributed by atoms with Gasteiger partial charge in [-0.1, -0.05) is 18.2 Å². The van der Waals surface area contributed by atoms with Crippen LogP contribution in [0.4, 0.5) is 0 Å². The molecule has 2 nitrogen and oxygen atoms in total. The molecule has 2 rings (SSSR count). The summed E-state index contributed by atoms with van der Waals surface area (Å²) in [6, 6.07) is 6.29. The molecule has 1 heterocycles. The Bertz CT molecular complexity index is 445. The molecule has 14 heavy (non-hydrogen) atoms. The molecule has 0 saturated carbocycles. The SMILES string of the molecule is Cc1cccc(C)c1-c1nc(I)ns1. The highest BCUT2D eigenvalue weighted by atomic mass is 127. The summed E-state index contributed by atoms with van der Waals surface area (Å²) in [5.74, 6) is 0. The summed E-state index contributed by atoms with van der Waals surface area (Å²) in [5.41, 5.74) is 3.75. The zero-order chi connectivity index (χ0) is 10.1. The molecule has 0 bridgehead atoms. The van der Waals surface area contributed by atoms with Crippen molar-refractivity contribution in [1.29, 1.82) is 0 Å². The second-order valence-electron chi connectivity index (χ2n) is 3.14. The fraction of sp³-hybridized carbons (Fsp3) is 0.200. The number of nitrogens with zero attached hydrogens (tertiary/aromatic N) is 2. The summed E-state index contributed by atoms with van der Waals surface area (Å²) in [4.78, 5) is 4.40. The fourth-order valence-electron chi connectivity index (χ4n) is 1.46. The van der Waals surface area contributed by atoms with Crippen molar-refractivity contribution < 1.29 is 0 Å². The number of hydrogen-bond donors (Lipinski definition) is 0. The lowest BCUT2D eigenvalue weighted by Gasteiger charge is -2.04. The molecular formula is C10H9IN2S. The molecule has 0 aliphatic rings. The molecule has 4 heteroatoms. The highest BCUT2D eigenvalue weighted by Crippen LogP contribution is 2.28. The molecule has 0 saturated heterocycles. The lowest BCUT2D eigenvalue weighted by molar-refractivity contribution is 1.24. The Morgan fingerprint density at radius 2 is 1.86 bits per heavy atom. The lowest BCUT2D eigenvalue weighted by atomic mass is 10.0. The average Bonchev–Trinajstić information content (AvgIpc) is 2.51. The van der Waals surface area contributed by atoms with Gasteiger partial charge in [-0.25, -0.2) is 4.98 Å². The van der Waals surface area contributed by atoms with Gasteiger partial charge in [-0.2, -0.15) is 4.37 Å². The molecule has 0 unspecified atom stereocenters. The van der Waals surface area contributed by atoms with Gasteiger partial charge in [0.2, 0.25) is 3.83 Å². The maximum absolute atomic E-state index is 4.40. The summed E-state index contributed by atoms with van der Waals surface area (Å²) in [6.45, 7) is 4.22. The second kappa shape index (κ2) is 3.94. The molecule has 1 aromatic carbocycles. The maximum atomic E-state index is 4.40. The third-order valence-corrected chi connectivity index (χ3v) is 3.64. The molecule has 0 atom stereocenters. The van der Waals surface area contributed by atoms with Crippen LogP contribution < -0.4 is 0 Å². The summed E-state index contributed by atoms with van der Waals surface area (Å²) in [6.07, 6.45) is 0. The number of hydrogen-bond acceptors (Lipinski definition) is 3. The molecule has 2 aromatic rings. The lowest BCUT2D eigenvalue weighted by Crippen LogP contribution is -1.86. The minimum atomic E-state index is 0.824. The van der Waals surface area contributed by atoms with Crippen LogP contribution in [0.15, 0.2) is 18.2 Å². The van der Waals surface area contributed by atoms with Gasteiger partial charge in [0.15, 0.2) is 0 Å². The molecule has 0 fully saturated rings. The van der Waals surface area contributed by atoms with Gasteiger partial charge in [0, 0.05) is 28.2 Å². The Morgan fingerprint density at radius 1 is 1.21 bits per heavy atom. The van der Waals surface area contributed by atoms with E-state index in [1.807, 2.05) is 0 Å². The van der Waals surface area contributed by atoms with Crippen molar-refractivity contribution in [2.45, 2.75) is 13.8 Å². The summed E-state index contributed by atoms with van der Waals surface area (Å²) in [7, 11) is 0. The van der Waals surface area contributed by atoms with Gasteiger partial charge in [0.05, 0.1) is 0 Å². The van der Waals surface area contributed by atoms with Crippen molar-refractivity contribution in [3.63, 3.8) is 0 Å². The number of rotatable bonds is 1. The molecule has 0 aliphatic carbocycles. The van der Waals surface area contributed by atoms with Crippen molar-refractivity contribution >= 4 is 34.1 Å². The topological polar surface area (TPSA) is 25.8 Å². The molecule has 0 amide bonds. The van der Waals surface area contributed by atoms with E-state index in [1.165, 1.54) is 28.2 Å². The minimum Gasteiger partial charge on any atom is -0.210 e. The fourth-order valence-corrected chi connectivity index (χ4v) is 2.90. The van der Waals surface area contributed by atoms with Gasteiger partial charge in [-0.05, 0) is 36.5 Å². The average molecular weight is 316 g/mol. The predicted octanol–water partition coefficient (Wildman–Crippen LogP) is 3.43. The van der Waals surface area contributed by atoms with Crippen LogP contribution in [0.3, 0.4) is 0 Å². The van der Waals surface area contributed by atoms with E-state index in [9.17, 15) is 0 Å². The van der Waals surface area contributed by atoms with Crippen molar-refractivity contribution in [3.05, 3.63) is 33.2 Å². The number of aryl methyl sites for hydroxylation is 2. The number of halogens is 1. The first kappa shape index (κ1) is 10.0. The molecular weight excluding hydrogens is 307 g/mol. The molecule has 1 aromatic heterocycles. The van der Waals surface area contributed by atoms with Crippen LogP contribution in [0.5, 0.6) is 0 Å². The van der Waals surface area contributed by atoms with Gasteiger partial charge in [-0.3, -0.25) is 0 Å². The molecule has 0 N–H and O–H groups in total. The van der Waals surface area contributed by atoms with E-state index < -0.39 is 0 Å². The molecule has 72 valence electrons. The van der Waals surface area contributed by atoms with Crippen molar-refractivity contribution in [1.82, 2.24) is 9.36 Å². The first-order chi connectivity index (χ1) is 6.68. The van der Waals surface area contributed by atoms with Crippen LogP contribution in [-0.4, -0.2) is 9.36 Å². The van der Waals surface area contributed by atoms with Crippen LogP contribution in [0.25, 0.3) is 10.6 Å². The van der Waals surface area contributed by atoms with Crippen LogP contribution in [0, 0.1) is 17.7 Å². The Balaban J connectivity index is 2.61. The summed E-state index contributed by atoms with van der Waals surface area (Å²) < 4.78 is 5.02. The minimum absolute atomic E-state index is 0.824. The van der Waals surface area contributed by atoms with Crippen LogP contribution >= 0.6 is 34.1 Å². The number of aromatic nitrogens is 2. The van der Waals surface area contributed by atoms with Gasteiger partial charge in [-0.15, -0.1) is 0 Å². The smallest absolute Gasteiger partial charge is 0.203 e. The number of benzene rings is 1. The van der Waals surface area contributed by atoms with E-state index in [-0.39, 0.29) is 0 Å².